The third-order valence-corrected chi connectivity index (χ3v) is 8.45. The van der Waals surface area contributed by atoms with E-state index in [1.165, 1.54) is 43.2 Å². The second-order valence-corrected chi connectivity index (χ2v) is 10.4. The Morgan fingerprint density at radius 1 is 0.786 bits per heavy atom. The van der Waals surface area contributed by atoms with Crippen LogP contribution in [0.15, 0.2) is 59.5 Å². The molecular weight excluding hydrogens is 366 g/mol. The topological polar surface area (TPSA) is 37.4 Å². The number of hydrogen-bond acceptors (Lipinski definition) is 2. The maximum atomic E-state index is 13.1. The fourth-order valence-corrected chi connectivity index (χ4v) is 6.27. The van der Waals surface area contributed by atoms with Gasteiger partial charge in [-0.05, 0) is 67.2 Å². The molecule has 3 nitrogen and oxygen atoms in total. The Morgan fingerprint density at radius 3 is 2.07 bits per heavy atom. The van der Waals surface area contributed by atoms with E-state index in [1.54, 1.807) is 4.31 Å². The zero-order chi connectivity index (χ0) is 19.4. The molecule has 28 heavy (non-hydrogen) atoms. The largest absolute Gasteiger partial charge is 0.243 e. The third kappa shape index (κ3) is 4.49. The van der Waals surface area contributed by atoms with Gasteiger partial charge in [0.1, 0.15) is 0 Å². The lowest BCUT2D eigenvalue weighted by Crippen LogP contribution is -2.38. The van der Waals surface area contributed by atoms with Crippen LogP contribution in [0.25, 0.3) is 0 Å². The highest BCUT2D eigenvalue weighted by Crippen LogP contribution is 2.33. The van der Waals surface area contributed by atoms with Crippen molar-refractivity contribution in [1.82, 2.24) is 4.31 Å². The van der Waals surface area contributed by atoms with Crippen molar-refractivity contribution < 1.29 is 8.42 Å². The molecule has 0 atom stereocenters. The number of rotatable bonds is 5. The van der Waals surface area contributed by atoms with Crippen molar-refractivity contribution >= 4 is 10.0 Å². The van der Waals surface area contributed by atoms with Gasteiger partial charge in [0, 0.05) is 13.1 Å². The van der Waals surface area contributed by atoms with Crippen molar-refractivity contribution in [1.29, 1.82) is 0 Å². The number of piperidine rings is 1. The first-order valence-corrected chi connectivity index (χ1v) is 12.2. The quantitative estimate of drug-likeness (QED) is 0.679. The molecule has 2 aliphatic rings. The zero-order valence-corrected chi connectivity index (χ0v) is 17.4. The lowest BCUT2D eigenvalue weighted by molar-refractivity contribution is 0.273. The fraction of sp³-hybridized carbons (Fsp3) is 0.500. The number of hydrogen-bond donors (Lipinski definition) is 0. The first-order chi connectivity index (χ1) is 13.6. The highest BCUT2D eigenvalue weighted by Gasteiger charge is 2.29. The molecule has 0 unspecified atom stereocenters. The summed E-state index contributed by atoms with van der Waals surface area (Å²) in [5.41, 5.74) is 2.65. The predicted molar refractivity (Wildman–Crippen MR) is 114 cm³/mol. The minimum atomic E-state index is -3.37. The van der Waals surface area contributed by atoms with Crippen LogP contribution in [-0.2, 0) is 16.4 Å². The molecule has 2 aromatic carbocycles. The summed E-state index contributed by atoms with van der Waals surface area (Å²) >= 11 is 0. The van der Waals surface area contributed by atoms with Gasteiger partial charge in [-0.2, -0.15) is 4.31 Å². The van der Waals surface area contributed by atoms with E-state index >= 15 is 0 Å². The van der Waals surface area contributed by atoms with Crippen LogP contribution in [-0.4, -0.2) is 25.8 Å². The second kappa shape index (κ2) is 8.79. The number of nitrogens with zero attached hydrogens (tertiary/aromatic N) is 1. The average Bonchev–Trinajstić information content (AvgIpc) is 2.76. The molecule has 1 heterocycles. The van der Waals surface area contributed by atoms with Crippen LogP contribution in [0.2, 0.25) is 0 Å². The molecule has 0 bridgehead atoms. The van der Waals surface area contributed by atoms with Crippen LogP contribution < -0.4 is 0 Å². The Labute approximate surface area is 169 Å². The lowest BCUT2D eigenvalue weighted by atomic mass is 9.84. The molecule has 1 saturated carbocycles. The van der Waals surface area contributed by atoms with Crippen molar-refractivity contribution in [2.75, 3.05) is 13.1 Å². The van der Waals surface area contributed by atoms with E-state index in [-0.39, 0.29) is 0 Å². The Hall–Kier alpha value is -1.65. The molecule has 4 heteroatoms. The van der Waals surface area contributed by atoms with E-state index in [2.05, 4.69) is 24.3 Å². The standard InChI is InChI=1S/C24H31NO2S/c26-28(27,24-13-11-23(12-14-24)22-9-5-2-6-10-22)25-17-15-21(16-18-25)19-20-7-3-1-4-8-20/h1,3-4,7-8,11-14,21-22H,2,5-6,9-10,15-19H2. The maximum Gasteiger partial charge on any atom is 0.243 e. The van der Waals surface area contributed by atoms with Gasteiger partial charge in [-0.25, -0.2) is 8.42 Å². The molecule has 1 aliphatic heterocycles. The van der Waals surface area contributed by atoms with E-state index in [0.717, 1.165) is 19.3 Å². The third-order valence-electron chi connectivity index (χ3n) is 6.54. The molecule has 0 spiro atoms. The first-order valence-electron chi connectivity index (χ1n) is 10.8. The maximum absolute atomic E-state index is 13.1. The minimum absolute atomic E-state index is 0.452. The summed E-state index contributed by atoms with van der Waals surface area (Å²) in [5.74, 6) is 1.18. The Balaban J connectivity index is 1.37. The van der Waals surface area contributed by atoms with Crippen LogP contribution in [0.5, 0.6) is 0 Å². The summed E-state index contributed by atoms with van der Waals surface area (Å²) in [6, 6.07) is 18.3. The number of benzene rings is 2. The van der Waals surface area contributed by atoms with E-state index in [1.807, 2.05) is 30.3 Å². The fourth-order valence-electron chi connectivity index (χ4n) is 4.80. The zero-order valence-electron chi connectivity index (χ0n) is 16.6. The van der Waals surface area contributed by atoms with E-state index in [9.17, 15) is 8.42 Å². The monoisotopic (exact) mass is 397 g/mol. The van der Waals surface area contributed by atoms with Gasteiger partial charge in [-0.1, -0.05) is 61.7 Å². The van der Waals surface area contributed by atoms with Gasteiger partial charge in [0.15, 0.2) is 0 Å². The van der Waals surface area contributed by atoms with Gasteiger partial charge >= 0.3 is 0 Å². The molecule has 4 rings (SSSR count). The summed E-state index contributed by atoms with van der Waals surface area (Å²) in [7, 11) is -3.37. The average molecular weight is 398 g/mol. The smallest absolute Gasteiger partial charge is 0.207 e. The first kappa shape index (κ1) is 19.7. The molecule has 0 aromatic heterocycles. The molecule has 2 aromatic rings. The molecule has 0 N–H and O–H groups in total. The van der Waals surface area contributed by atoms with Gasteiger partial charge in [-0.15, -0.1) is 0 Å². The van der Waals surface area contributed by atoms with Gasteiger partial charge in [0.2, 0.25) is 10.0 Å². The van der Waals surface area contributed by atoms with E-state index in [4.69, 9.17) is 0 Å². The van der Waals surface area contributed by atoms with Crippen molar-refractivity contribution in [3.63, 3.8) is 0 Å². The Kier molecular flexibility index (Phi) is 6.17. The summed E-state index contributed by atoms with van der Waals surface area (Å²) in [6.07, 6.45) is 9.32. The van der Waals surface area contributed by atoms with Crippen molar-refractivity contribution in [2.45, 2.75) is 62.2 Å². The molecule has 0 radical (unpaired) electrons. The van der Waals surface area contributed by atoms with Crippen LogP contribution in [0.1, 0.15) is 62.0 Å². The summed E-state index contributed by atoms with van der Waals surface area (Å²) in [5, 5.41) is 0. The lowest BCUT2D eigenvalue weighted by Gasteiger charge is -2.31. The van der Waals surface area contributed by atoms with Gasteiger partial charge < -0.3 is 0 Å². The SMILES string of the molecule is O=S(=O)(c1ccc(C2CCCCC2)cc1)N1CCC(Cc2ccccc2)CC1. The summed E-state index contributed by atoms with van der Waals surface area (Å²) in [6.45, 7) is 1.26. The minimum Gasteiger partial charge on any atom is -0.207 e. The van der Waals surface area contributed by atoms with E-state index < -0.39 is 10.0 Å². The highest BCUT2D eigenvalue weighted by molar-refractivity contribution is 7.89. The predicted octanol–water partition coefficient (Wildman–Crippen LogP) is 5.38. The van der Waals surface area contributed by atoms with Gasteiger partial charge in [-0.3, -0.25) is 0 Å². The van der Waals surface area contributed by atoms with Gasteiger partial charge in [0.05, 0.1) is 4.90 Å². The van der Waals surface area contributed by atoms with Crippen molar-refractivity contribution in [2.24, 2.45) is 5.92 Å². The Morgan fingerprint density at radius 2 is 1.43 bits per heavy atom. The van der Waals surface area contributed by atoms with Crippen LogP contribution in [0.4, 0.5) is 0 Å². The molecule has 2 fully saturated rings. The molecule has 1 saturated heterocycles. The molecule has 150 valence electrons. The van der Waals surface area contributed by atoms with E-state index in [0.29, 0.717) is 29.8 Å². The van der Waals surface area contributed by atoms with Crippen molar-refractivity contribution in [3.05, 3.63) is 65.7 Å². The normalized spacial score (nSPS) is 20.3. The Bertz CT molecular complexity index is 847. The summed E-state index contributed by atoms with van der Waals surface area (Å²) in [4.78, 5) is 0.452. The van der Waals surface area contributed by atoms with Crippen LogP contribution in [0.3, 0.4) is 0 Å². The van der Waals surface area contributed by atoms with Gasteiger partial charge in [0.25, 0.3) is 0 Å². The van der Waals surface area contributed by atoms with Crippen molar-refractivity contribution in [3.8, 4) is 0 Å². The summed E-state index contributed by atoms with van der Waals surface area (Å²) < 4.78 is 27.8. The highest BCUT2D eigenvalue weighted by atomic mass is 32.2. The number of sulfonamides is 1. The molecule has 1 aliphatic carbocycles. The van der Waals surface area contributed by atoms with Crippen LogP contribution >= 0.6 is 0 Å². The molecule has 0 amide bonds. The molecular formula is C24H31NO2S. The second-order valence-electron chi connectivity index (χ2n) is 8.44. The van der Waals surface area contributed by atoms with Crippen LogP contribution in [0, 0.1) is 5.92 Å².